The highest BCUT2D eigenvalue weighted by molar-refractivity contribution is 5.82. The Balaban J connectivity index is 2.08. The van der Waals surface area contributed by atoms with Crippen LogP contribution in [0.2, 0.25) is 0 Å². The highest BCUT2D eigenvalue weighted by Crippen LogP contribution is 2.23. The minimum absolute atomic E-state index is 0.0340. The van der Waals surface area contributed by atoms with Crippen molar-refractivity contribution in [3.63, 3.8) is 0 Å². The maximum Gasteiger partial charge on any atom is 0.389 e. The van der Waals surface area contributed by atoms with Crippen LogP contribution in [0.1, 0.15) is 19.3 Å². The molecule has 1 rings (SSSR count). The number of ketones is 1. The second-order valence-electron chi connectivity index (χ2n) is 3.29. The molecule has 0 aromatic rings. The van der Waals surface area contributed by atoms with Gasteiger partial charge in [0.15, 0.2) is 0 Å². The average molecular weight is 195 g/mol. The Kier molecular flexibility index (Phi) is 3.30. The van der Waals surface area contributed by atoms with Crippen LogP contribution in [0.5, 0.6) is 0 Å². The predicted molar refractivity (Wildman–Crippen MR) is 41.3 cm³/mol. The number of hydrogen-bond donors (Lipinski definition) is 1. The molecule has 0 aromatic carbocycles. The van der Waals surface area contributed by atoms with Gasteiger partial charge in [0.25, 0.3) is 0 Å². The van der Waals surface area contributed by atoms with Gasteiger partial charge in [-0.25, -0.2) is 0 Å². The fourth-order valence-corrected chi connectivity index (χ4v) is 1.18. The topological polar surface area (TPSA) is 29.1 Å². The first-order valence-electron chi connectivity index (χ1n) is 4.29. The van der Waals surface area contributed by atoms with Crippen molar-refractivity contribution >= 4 is 5.78 Å². The van der Waals surface area contributed by atoms with Crippen molar-refractivity contribution in [1.29, 1.82) is 0 Å². The van der Waals surface area contributed by atoms with Gasteiger partial charge in [-0.15, -0.1) is 0 Å². The molecule has 0 bridgehead atoms. The molecule has 1 saturated heterocycles. The van der Waals surface area contributed by atoms with E-state index in [1.54, 1.807) is 0 Å². The zero-order valence-electron chi connectivity index (χ0n) is 7.16. The van der Waals surface area contributed by atoms with Crippen molar-refractivity contribution in [3.05, 3.63) is 0 Å². The Hall–Kier alpha value is -0.580. The van der Waals surface area contributed by atoms with Gasteiger partial charge in [0.1, 0.15) is 5.78 Å². The summed E-state index contributed by atoms with van der Waals surface area (Å²) in [6, 6.07) is 0. The van der Waals surface area contributed by atoms with E-state index >= 15 is 0 Å². The molecule has 1 N–H and O–H groups in total. The largest absolute Gasteiger partial charge is 0.389 e. The van der Waals surface area contributed by atoms with Gasteiger partial charge in [-0.1, -0.05) is 0 Å². The summed E-state index contributed by atoms with van der Waals surface area (Å²) in [6.07, 6.45) is -4.98. The third-order valence-corrected chi connectivity index (χ3v) is 2.12. The van der Waals surface area contributed by atoms with Crippen LogP contribution in [0.3, 0.4) is 0 Å². The van der Waals surface area contributed by atoms with E-state index in [1.165, 1.54) is 0 Å². The summed E-state index contributed by atoms with van der Waals surface area (Å²) >= 11 is 0. The second-order valence-corrected chi connectivity index (χ2v) is 3.29. The lowest BCUT2D eigenvalue weighted by Crippen LogP contribution is -2.46. The third kappa shape index (κ3) is 3.76. The van der Waals surface area contributed by atoms with Gasteiger partial charge in [-0.05, 0) is 6.42 Å². The maximum atomic E-state index is 11.7. The lowest BCUT2D eigenvalue weighted by atomic mass is 9.94. The molecule has 0 aliphatic carbocycles. The molecule has 13 heavy (non-hydrogen) atoms. The lowest BCUT2D eigenvalue weighted by Gasteiger charge is -2.25. The van der Waals surface area contributed by atoms with Gasteiger partial charge in [-0.3, -0.25) is 4.79 Å². The SMILES string of the molecule is O=C(CCCC(F)(F)F)C1CNC1. The van der Waals surface area contributed by atoms with Crippen molar-refractivity contribution in [1.82, 2.24) is 5.32 Å². The number of carbonyl (C=O) groups is 1. The van der Waals surface area contributed by atoms with Crippen molar-refractivity contribution < 1.29 is 18.0 Å². The van der Waals surface area contributed by atoms with E-state index in [9.17, 15) is 18.0 Å². The molecule has 0 saturated carbocycles. The van der Waals surface area contributed by atoms with E-state index in [0.29, 0.717) is 13.1 Å². The Morgan fingerprint density at radius 2 is 2.00 bits per heavy atom. The van der Waals surface area contributed by atoms with Gasteiger partial charge in [0, 0.05) is 31.8 Å². The molecule has 0 unspecified atom stereocenters. The fourth-order valence-electron chi connectivity index (χ4n) is 1.18. The van der Waals surface area contributed by atoms with E-state index in [1.807, 2.05) is 0 Å². The second kappa shape index (κ2) is 4.09. The van der Waals surface area contributed by atoms with Crippen LogP contribution in [0, 0.1) is 5.92 Å². The predicted octanol–water partition coefficient (Wildman–Crippen LogP) is 1.51. The number of carbonyl (C=O) groups excluding carboxylic acids is 1. The van der Waals surface area contributed by atoms with E-state index in [4.69, 9.17) is 0 Å². The number of rotatable bonds is 4. The summed E-state index contributed by atoms with van der Waals surface area (Å²) in [7, 11) is 0. The Labute approximate surface area is 74.5 Å². The summed E-state index contributed by atoms with van der Waals surface area (Å²) in [5, 5.41) is 2.91. The normalized spacial score (nSPS) is 18.4. The number of hydrogen-bond acceptors (Lipinski definition) is 2. The summed E-state index contributed by atoms with van der Waals surface area (Å²) in [6.45, 7) is 1.26. The van der Waals surface area contributed by atoms with E-state index in [0.717, 1.165) is 0 Å². The quantitative estimate of drug-likeness (QED) is 0.736. The zero-order valence-corrected chi connectivity index (χ0v) is 7.16. The molecule has 1 fully saturated rings. The Morgan fingerprint density at radius 1 is 1.38 bits per heavy atom. The monoisotopic (exact) mass is 195 g/mol. The average Bonchev–Trinajstić information content (AvgIpc) is 1.79. The van der Waals surface area contributed by atoms with Crippen LogP contribution in [-0.4, -0.2) is 25.0 Å². The number of Topliss-reactive ketones (excluding diaryl/α,β-unsaturated/α-hetero) is 1. The minimum atomic E-state index is -4.13. The smallest absolute Gasteiger partial charge is 0.315 e. The molecule has 1 heterocycles. The highest BCUT2D eigenvalue weighted by Gasteiger charge is 2.28. The summed E-state index contributed by atoms with van der Waals surface area (Å²) in [4.78, 5) is 11.1. The molecule has 0 radical (unpaired) electrons. The maximum absolute atomic E-state index is 11.7. The molecular weight excluding hydrogens is 183 g/mol. The van der Waals surface area contributed by atoms with Crippen LogP contribution in [-0.2, 0) is 4.79 Å². The highest BCUT2D eigenvalue weighted by atomic mass is 19.4. The molecule has 0 spiro atoms. The molecule has 1 aliphatic heterocycles. The first kappa shape index (κ1) is 10.5. The zero-order chi connectivity index (χ0) is 9.90. The molecule has 0 atom stereocenters. The van der Waals surface area contributed by atoms with E-state index < -0.39 is 12.6 Å². The molecule has 2 nitrogen and oxygen atoms in total. The van der Waals surface area contributed by atoms with Crippen molar-refractivity contribution in [3.8, 4) is 0 Å². The fraction of sp³-hybridized carbons (Fsp3) is 0.875. The summed E-state index contributed by atoms with van der Waals surface area (Å²) in [5.41, 5.74) is 0. The number of alkyl halides is 3. The van der Waals surface area contributed by atoms with Crippen molar-refractivity contribution in [2.75, 3.05) is 13.1 Å². The molecule has 1 aliphatic rings. The molecular formula is C8H12F3NO. The number of halogens is 3. The standard InChI is InChI=1S/C8H12F3NO/c9-8(10,11)3-1-2-7(13)6-4-12-5-6/h6,12H,1-5H2. The Bertz CT molecular complexity index is 186. The van der Waals surface area contributed by atoms with Gasteiger partial charge >= 0.3 is 6.18 Å². The van der Waals surface area contributed by atoms with Crippen molar-refractivity contribution in [2.45, 2.75) is 25.4 Å². The van der Waals surface area contributed by atoms with Crippen molar-refractivity contribution in [2.24, 2.45) is 5.92 Å². The summed E-state index contributed by atoms with van der Waals surface area (Å²) in [5.74, 6) is -0.0729. The molecule has 5 heteroatoms. The van der Waals surface area contributed by atoms with Crippen LogP contribution < -0.4 is 5.32 Å². The van der Waals surface area contributed by atoms with E-state index in [2.05, 4.69) is 5.32 Å². The molecule has 76 valence electrons. The molecule has 0 aromatic heterocycles. The van der Waals surface area contributed by atoms with Crippen LogP contribution in [0.15, 0.2) is 0 Å². The first-order chi connectivity index (χ1) is 5.99. The van der Waals surface area contributed by atoms with Crippen LogP contribution in [0.25, 0.3) is 0 Å². The van der Waals surface area contributed by atoms with Gasteiger partial charge in [-0.2, -0.15) is 13.2 Å². The van der Waals surface area contributed by atoms with Gasteiger partial charge in [0.2, 0.25) is 0 Å². The van der Waals surface area contributed by atoms with Gasteiger partial charge in [0.05, 0.1) is 0 Å². The van der Waals surface area contributed by atoms with E-state index in [-0.39, 0.29) is 24.5 Å². The van der Waals surface area contributed by atoms with Crippen LogP contribution >= 0.6 is 0 Å². The minimum Gasteiger partial charge on any atom is -0.315 e. The first-order valence-corrected chi connectivity index (χ1v) is 4.29. The lowest BCUT2D eigenvalue weighted by molar-refractivity contribution is -0.137. The number of nitrogens with one attached hydrogen (secondary N) is 1. The Morgan fingerprint density at radius 3 is 2.38 bits per heavy atom. The van der Waals surface area contributed by atoms with Gasteiger partial charge < -0.3 is 5.32 Å². The summed E-state index contributed by atoms with van der Waals surface area (Å²) < 4.78 is 35.0. The van der Waals surface area contributed by atoms with Crippen LogP contribution in [0.4, 0.5) is 13.2 Å². The third-order valence-electron chi connectivity index (χ3n) is 2.12. The molecule has 0 amide bonds.